The van der Waals surface area contributed by atoms with Crippen molar-refractivity contribution in [1.82, 2.24) is 0 Å². The monoisotopic (exact) mass is 221 g/mol. The summed E-state index contributed by atoms with van der Waals surface area (Å²) >= 11 is 1.12. The van der Waals surface area contributed by atoms with Crippen LogP contribution in [-0.4, -0.2) is 0 Å². The summed E-state index contributed by atoms with van der Waals surface area (Å²) < 4.78 is 0. The maximum absolute atomic E-state index is 8.71. The van der Waals surface area contributed by atoms with Crippen LogP contribution in [0, 0.1) is 10.7 Å². The first-order valence-corrected chi connectivity index (χ1v) is 5.43. The molecule has 0 aliphatic heterocycles. The third-order valence-electron chi connectivity index (χ3n) is 2.15. The van der Waals surface area contributed by atoms with Gasteiger partial charge in [-0.3, -0.25) is 0 Å². The molecule has 0 aliphatic carbocycles. The molecule has 0 aromatic heterocycles. The lowest BCUT2D eigenvalue weighted by atomic mass is 9.86. The third-order valence-corrected chi connectivity index (χ3v) is 2.80. The number of hydrogen-bond donors (Lipinski definition) is 2. The second-order valence-corrected chi connectivity index (χ2v) is 5.25. The molecule has 0 atom stereocenters. The molecular weight excluding hydrogens is 206 g/mol. The number of nitrogen functional groups attached to an aromatic ring is 2. The first kappa shape index (κ1) is 11.7. The summed E-state index contributed by atoms with van der Waals surface area (Å²) in [7, 11) is 0. The van der Waals surface area contributed by atoms with Gasteiger partial charge >= 0.3 is 0 Å². The standard InChI is InChI=1S/C11H15N3S/c1-11(2,3)7-4-8(13)9(14)5-10(7)15-6-12/h4-5H,13-14H2,1-3H3. The first-order valence-electron chi connectivity index (χ1n) is 4.61. The van der Waals surface area contributed by atoms with Gasteiger partial charge in [0.1, 0.15) is 5.40 Å². The van der Waals surface area contributed by atoms with E-state index in [4.69, 9.17) is 16.7 Å². The van der Waals surface area contributed by atoms with Gasteiger partial charge < -0.3 is 11.5 Å². The Kier molecular flexibility index (Phi) is 3.15. The van der Waals surface area contributed by atoms with Crippen LogP contribution >= 0.6 is 11.8 Å². The van der Waals surface area contributed by atoms with Crippen LogP contribution in [0.15, 0.2) is 17.0 Å². The van der Waals surface area contributed by atoms with Crippen LogP contribution in [-0.2, 0) is 5.41 Å². The predicted octanol–water partition coefficient (Wildman–Crippen LogP) is 2.72. The zero-order chi connectivity index (χ0) is 11.6. The molecule has 1 aromatic rings. The molecule has 4 N–H and O–H groups in total. The highest BCUT2D eigenvalue weighted by Crippen LogP contribution is 2.36. The van der Waals surface area contributed by atoms with Gasteiger partial charge in [-0.15, -0.1) is 0 Å². The van der Waals surface area contributed by atoms with Crippen LogP contribution in [0.2, 0.25) is 0 Å². The highest BCUT2D eigenvalue weighted by atomic mass is 32.2. The fourth-order valence-electron chi connectivity index (χ4n) is 1.33. The van der Waals surface area contributed by atoms with E-state index in [1.54, 1.807) is 6.07 Å². The Balaban J connectivity index is 3.36. The van der Waals surface area contributed by atoms with Gasteiger partial charge in [-0.1, -0.05) is 20.8 Å². The molecule has 0 fully saturated rings. The van der Waals surface area contributed by atoms with Gasteiger partial charge in [-0.2, -0.15) is 5.26 Å². The fraction of sp³-hybridized carbons (Fsp3) is 0.364. The van der Waals surface area contributed by atoms with Gasteiger partial charge in [0.25, 0.3) is 0 Å². The van der Waals surface area contributed by atoms with Crippen molar-refractivity contribution in [2.45, 2.75) is 31.1 Å². The van der Waals surface area contributed by atoms with Crippen LogP contribution in [0.3, 0.4) is 0 Å². The second-order valence-electron chi connectivity index (χ2n) is 4.42. The van der Waals surface area contributed by atoms with E-state index in [1.807, 2.05) is 6.07 Å². The molecule has 0 amide bonds. The van der Waals surface area contributed by atoms with Gasteiger partial charge in [0, 0.05) is 4.90 Å². The quantitative estimate of drug-likeness (QED) is 0.434. The average Bonchev–Trinajstić information content (AvgIpc) is 2.09. The lowest BCUT2D eigenvalue weighted by molar-refractivity contribution is 0.578. The Hall–Kier alpha value is -1.34. The number of thioether (sulfide) groups is 1. The number of nitriles is 1. The molecule has 80 valence electrons. The summed E-state index contributed by atoms with van der Waals surface area (Å²) in [5.74, 6) is 0. The van der Waals surface area contributed by atoms with Gasteiger partial charge in [0.05, 0.1) is 11.4 Å². The molecule has 15 heavy (non-hydrogen) atoms. The largest absolute Gasteiger partial charge is 0.397 e. The maximum atomic E-state index is 8.71. The fourth-order valence-corrected chi connectivity index (χ4v) is 2.09. The molecule has 0 bridgehead atoms. The minimum atomic E-state index is -0.0407. The molecule has 1 aromatic carbocycles. The maximum Gasteiger partial charge on any atom is 0.138 e. The summed E-state index contributed by atoms with van der Waals surface area (Å²) in [5, 5.41) is 10.8. The summed E-state index contributed by atoms with van der Waals surface area (Å²) in [5.41, 5.74) is 13.6. The molecule has 4 heteroatoms. The Morgan fingerprint density at radius 1 is 1.20 bits per heavy atom. The lowest BCUT2D eigenvalue weighted by Crippen LogP contribution is -2.13. The number of nitrogens with two attached hydrogens (primary N) is 2. The van der Waals surface area contributed by atoms with Crippen molar-refractivity contribution in [3.8, 4) is 5.40 Å². The van der Waals surface area contributed by atoms with Crippen molar-refractivity contribution in [1.29, 1.82) is 5.26 Å². The highest BCUT2D eigenvalue weighted by molar-refractivity contribution is 8.03. The van der Waals surface area contributed by atoms with E-state index in [2.05, 4.69) is 26.2 Å². The smallest absolute Gasteiger partial charge is 0.138 e. The number of benzene rings is 1. The van der Waals surface area contributed by atoms with Gasteiger partial charge in [0.15, 0.2) is 0 Å². The van der Waals surface area contributed by atoms with E-state index in [0.29, 0.717) is 11.4 Å². The van der Waals surface area contributed by atoms with Crippen molar-refractivity contribution < 1.29 is 0 Å². The Morgan fingerprint density at radius 2 is 1.73 bits per heavy atom. The van der Waals surface area contributed by atoms with E-state index in [1.165, 1.54) is 0 Å². The Morgan fingerprint density at radius 3 is 2.20 bits per heavy atom. The number of anilines is 2. The summed E-state index contributed by atoms with van der Waals surface area (Å²) in [6.07, 6.45) is 0. The molecule has 0 spiro atoms. The molecule has 0 saturated carbocycles. The molecule has 0 saturated heterocycles. The zero-order valence-corrected chi connectivity index (χ0v) is 9.98. The normalized spacial score (nSPS) is 11.1. The SMILES string of the molecule is CC(C)(C)c1cc(N)c(N)cc1SC#N. The molecule has 0 aliphatic rings. The van der Waals surface area contributed by atoms with E-state index in [0.717, 1.165) is 22.2 Å². The van der Waals surface area contributed by atoms with Crippen LogP contribution in [0.1, 0.15) is 26.3 Å². The summed E-state index contributed by atoms with van der Waals surface area (Å²) in [6, 6.07) is 3.62. The van der Waals surface area contributed by atoms with E-state index in [9.17, 15) is 0 Å². The molecule has 1 rings (SSSR count). The van der Waals surface area contributed by atoms with E-state index >= 15 is 0 Å². The van der Waals surface area contributed by atoms with Crippen molar-refractivity contribution in [2.24, 2.45) is 0 Å². The molecule has 0 heterocycles. The van der Waals surface area contributed by atoms with Gasteiger partial charge in [-0.25, -0.2) is 0 Å². The molecule has 0 unspecified atom stereocenters. The molecule has 3 nitrogen and oxygen atoms in total. The Bertz CT molecular complexity index is 413. The van der Waals surface area contributed by atoms with Crippen molar-refractivity contribution >= 4 is 23.1 Å². The number of hydrogen-bond acceptors (Lipinski definition) is 4. The van der Waals surface area contributed by atoms with Crippen LogP contribution in [0.5, 0.6) is 0 Å². The van der Waals surface area contributed by atoms with Crippen LogP contribution < -0.4 is 11.5 Å². The van der Waals surface area contributed by atoms with Crippen molar-refractivity contribution in [3.05, 3.63) is 17.7 Å². The molecule has 0 radical (unpaired) electrons. The zero-order valence-electron chi connectivity index (χ0n) is 9.16. The number of rotatable bonds is 1. The third kappa shape index (κ3) is 2.57. The first-order chi connectivity index (χ1) is 6.86. The summed E-state index contributed by atoms with van der Waals surface area (Å²) in [6.45, 7) is 6.25. The minimum Gasteiger partial charge on any atom is -0.397 e. The topological polar surface area (TPSA) is 75.8 Å². The predicted molar refractivity (Wildman–Crippen MR) is 65.4 cm³/mol. The number of thiocyanates is 1. The van der Waals surface area contributed by atoms with Crippen molar-refractivity contribution in [2.75, 3.05) is 11.5 Å². The van der Waals surface area contributed by atoms with Gasteiger partial charge in [0.2, 0.25) is 0 Å². The summed E-state index contributed by atoms with van der Waals surface area (Å²) in [4.78, 5) is 0.886. The average molecular weight is 221 g/mol. The second kappa shape index (κ2) is 4.03. The van der Waals surface area contributed by atoms with E-state index in [-0.39, 0.29) is 5.41 Å². The minimum absolute atomic E-state index is 0.0407. The van der Waals surface area contributed by atoms with Crippen molar-refractivity contribution in [3.63, 3.8) is 0 Å². The molecular formula is C11H15N3S. The highest BCUT2D eigenvalue weighted by Gasteiger charge is 2.19. The van der Waals surface area contributed by atoms with E-state index < -0.39 is 0 Å². The Labute approximate surface area is 94.5 Å². The van der Waals surface area contributed by atoms with Gasteiger partial charge in [-0.05, 0) is 34.9 Å². The van der Waals surface area contributed by atoms with Crippen LogP contribution in [0.25, 0.3) is 0 Å². The van der Waals surface area contributed by atoms with Crippen LogP contribution in [0.4, 0.5) is 11.4 Å². The lowest BCUT2D eigenvalue weighted by Gasteiger charge is -2.22. The number of nitrogens with zero attached hydrogens (tertiary/aromatic N) is 1.